The summed E-state index contributed by atoms with van der Waals surface area (Å²) in [5.74, 6) is -0.600. The molecule has 0 unspecified atom stereocenters. The van der Waals surface area contributed by atoms with Crippen molar-refractivity contribution >= 4 is 29.1 Å². The van der Waals surface area contributed by atoms with Gasteiger partial charge in [-0.1, -0.05) is 59.6 Å². The lowest BCUT2D eigenvalue weighted by molar-refractivity contribution is -0.137. The standard InChI is InChI=1S/C29H27Cl2F3N4O3/c1-20(28(40,17-37-19-35-18-36-37)25-12-11-24(30)15-26(25)31)38(13-14-41-16-21-5-3-2-4-6-21)27(39)22-7-9-23(10-8-22)29(32,33)34/h2-12,15,18-20,40H,13-14,16-17H2,1H3/t20-,28-/m1/s1. The number of aliphatic hydroxyl groups is 1. The molecule has 4 aromatic rings. The molecule has 0 saturated heterocycles. The van der Waals surface area contributed by atoms with Gasteiger partial charge in [0, 0.05) is 27.7 Å². The molecule has 1 amide bonds. The zero-order valence-corrected chi connectivity index (χ0v) is 23.4. The van der Waals surface area contributed by atoms with Crippen molar-refractivity contribution in [3.8, 4) is 0 Å². The van der Waals surface area contributed by atoms with E-state index in [1.807, 2.05) is 30.3 Å². The van der Waals surface area contributed by atoms with Crippen molar-refractivity contribution in [2.24, 2.45) is 0 Å². The topological polar surface area (TPSA) is 80.5 Å². The maximum Gasteiger partial charge on any atom is 0.416 e. The van der Waals surface area contributed by atoms with Crippen molar-refractivity contribution in [1.29, 1.82) is 0 Å². The van der Waals surface area contributed by atoms with Gasteiger partial charge >= 0.3 is 6.18 Å². The first kappa shape index (κ1) is 30.5. The van der Waals surface area contributed by atoms with E-state index in [4.69, 9.17) is 27.9 Å². The number of carbonyl (C=O) groups excluding carboxylic acids is 1. The van der Waals surface area contributed by atoms with Crippen molar-refractivity contribution in [1.82, 2.24) is 19.7 Å². The van der Waals surface area contributed by atoms with Gasteiger partial charge in [0.2, 0.25) is 0 Å². The van der Waals surface area contributed by atoms with Crippen LogP contribution in [0.25, 0.3) is 0 Å². The van der Waals surface area contributed by atoms with Gasteiger partial charge in [0.15, 0.2) is 0 Å². The van der Waals surface area contributed by atoms with Crippen LogP contribution in [0.15, 0.2) is 85.5 Å². The average molecular weight is 607 g/mol. The first-order valence-electron chi connectivity index (χ1n) is 12.6. The fourth-order valence-corrected chi connectivity index (χ4v) is 5.04. The van der Waals surface area contributed by atoms with Crippen LogP contribution in [-0.4, -0.2) is 49.9 Å². The lowest BCUT2D eigenvalue weighted by atomic mass is 9.85. The van der Waals surface area contributed by atoms with E-state index < -0.39 is 29.3 Å². The Labute approximate surface area is 245 Å². The second-order valence-electron chi connectivity index (χ2n) is 9.43. The normalized spacial score (nSPS) is 13.9. The number of aromatic nitrogens is 3. The Hall–Kier alpha value is -3.44. The average Bonchev–Trinajstić information content (AvgIpc) is 3.45. The Kier molecular flexibility index (Phi) is 9.70. The van der Waals surface area contributed by atoms with Gasteiger partial charge in [0.1, 0.15) is 18.3 Å². The number of hydrogen-bond donors (Lipinski definition) is 1. The van der Waals surface area contributed by atoms with Crippen molar-refractivity contribution in [2.75, 3.05) is 13.2 Å². The summed E-state index contributed by atoms with van der Waals surface area (Å²) in [6.07, 6.45) is -1.84. The molecule has 3 aromatic carbocycles. The number of rotatable bonds is 11. The van der Waals surface area contributed by atoms with Gasteiger partial charge in [0.25, 0.3) is 5.91 Å². The number of carbonyl (C=O) groups is 1. The van der Waals surface area contributed by atoms with Crippen LogP contribution >= 0.6 is 23.2 Å². The number of nitrogens with zero attached hydrogens (tertiary/aromatic N) is 4. The first-order valence-corrected chi connectivity index (χ1v) is 13.3. The van der Waals surface area contributed by atoms with Crippen LogP contribution in [0.4, 0.5) is 13.2 Å². The third-order valence-electron chi connectivity index (χ3n) is 6.73. The summed E-state index contributed by atoms with van der Waals surface area (Å²) in [7, 11) is 0. The summed E-state index contributed by atoms with van der Waals surface area (Å²) in [4.78, 5) is 19.1. The van der Waals surface area contributed by atoms with Gasteiger partial charge in [-0.05, 0) is 48.9 Å². The van der Waals surface area contributed by atoms with Gasteiger partial charge in [-0.3, -0.25) is 4.79 Å². The molecule has 0 saturated carbocycles. The highest BCUT2D eigenvalue weighted by Crippen LogP contribution is 2.37. The minimum atomic E-state index is -4.55. The monoisotopic (exact) mass is 606 g/mol. The molecule has 1 N–H and O–H groups in total. The summed E-state index contributed by atoms with van der Waals surface area (Å²) in [6.45, 7) is 1.86. The molecule has 0 bridgehead atoms. The molecule has 7 nitrogen and oxygen atoms in total. The highest BCUT2D eigenvalue weighted by atomic mass is 35.5. The van der Waals surface area contributed by atoms with Gasteiger partial charge in [-0.25, -0.2) is 9.67 Å². The van der Waals surface area contributed by atoms with E-state index in [0.717, 1.165) is 29.8 Å². The van der Waals surface area contributed by atoms with Crippen molar-refractivity contribution in [3.63, 3.8) is 0 Å². The molecule has 1 aromatic heterocycles. The molecule has 1 heterocycles. The van der Waals surface area contributed by atoms with Crippen LogP contribution in [-0.2, 0) is 29.7 Å². The molecule has 12 heteroatoms. The predicted molar refractivity (Wildman–Crippen MR) is 148 cm³/mol. The molecule has 0 aliphatic rings. The van der Waals surface area contributed by atoms with Crippen molar-refractivity contribution < 1.29 is 27.8 Å². The van der Waals surface area contributed by atoms with Crippen LogP contribution in [0.1, 0.15) is 34.0 Å². The molecule has 0 fully saturated rings. The second-order valence-corrected chi connectivity index (χ2v) is 10.3. The van der Waals surface area contributed by atoms with Crippen molar-refractivity contribution in [3.05, 3.63) is 118 Å². The van der Waals surface area contributed by atoms with Crippen molar-refractivity contribution in [2.45, 2.75) is 37.9 Å². The quantitative estimate of drug-likeness (QED) is 0.204. The molecule has 41 heavy (non-hydrogen) atoms. The fraction of sp³-hybridized carbons (Fsp3) is 0.276. The van der Waals surface area contributed by atoms with E-state index in [0.29, 0.717) is 5.02 Å². The number of alkyl halides is 3. The van der Waals surface area contributed by atoms with E-state index in [9.17, 15) is 23.1 Å². The van der Waals surface area contributed by atoms with Gasteiger partial charge < -0.3 is 14.7 Å². The third-order valence-corrected chi connectivity index (χ3v) is 7.28. The second kappa shape index (κ2) is 13.0. The van der Waals surface area contributed by atoms with Gasteiger partial charge in [-0.2, -0.15) is 18.3 Å². The minimum absolute atomic E-state index is 0.0122. The molecule has 0 spiro atoms. The number of amides is 1. The lowest BCUT2D eigenvalue weighted by Crippen LogP contribution is -2.54. The number of hydrogen-bond acceptors (Lipinski definition) is 5. The maximum atomic E-state index is 13.8. The summed E-state index contributed by atoms with van der Waals surface area (Å²) in [5, 5.41) is 16.9. The molecular weight excluding hydrogens is 580 g/mol. The summed E-state index contributed by atoms with van der Waals surface area (Å²) < 4.78 is 46.7. The summed E-state index contributed by atoms with van der Waals surface area (Å²) in [5.41, 5.74) is -1.48. The molecule has 0 aliphatic heterocycles. The highest BCUT2D eigenvalue weighted by Gasteiger charge is 2.43. The molecule has 0 radical (unpaired) electrons. The lowest BCUT2D eigenvalue weighted by Gasteiger charge is -2.41. The van der Waals surface area contributed by atoms with E-state index >= 15 is 0 Å². The summed E-state index contributed by atoms with van der Waals surface area (Å²) in [6, 6.07) is 17.0. The van der Waals surface area contributed by atoms with Crippen LogP contribution in [0.5, 0.6) is 0 Å². The predicted octanol–water partition coefficient (Wildman–Crippen LogP) is 6.24. The molecular formula is C29H27Cl2F3N4O3. The minimum Gasteiger partial charge on any atom is -0.381 e. The van der Waals surface area contributed by atoms with E-state index in [1.54, 1.807) is 19.1 Å². The smallest absolute Gasteiger partial charge is 0.381 e. The van der Waals surface area contributed by atoms with E-state index in [1.165, 1.54) is 28.3 Å². The molecule has 0 aliphatic carbocycles. The Morgan fingerprint density at radius 1 is 1.07 bits per heavy atom. The fourth-order valence-electron chi connectivity index (χ4n) is 4.47. The Bertz CT molecular complexity index is 1440. The maximum absolute atomic E-state index is 13.8. The third kappa shape index (κ3) is 7.45. The number of ether oxygens (including phenoxy) is 1. The van der Waals surface area contributed by atoms with Crippen LogP contribution < -0.4 is 0 Å². The molecule has 216 valence electrons. The Morgan fingerprint density at radius 3 is 2.39 bits per heavy atom. The molecule has 4 rings (SSSR count). The summed E-state index contributed by atoms with van der Waals surface area (Å²) >= 11 is 12.6. The van der Waals surface area contributed by atoms with Crippen LogP contribution in [0.3, 0.4) is 0 Å². The zero-order chi connectivity index (χ0) is 29.6. The number of halogens is 5. The Balaban J connectivity index is 1.68. The van der Waals surface area contributed by atoms with E-state index in [-0.39, 0.29) is 42.5 Å². The Morgan fingerprint density at radius 2 is 1.78 bits per heavy atom. The highest BCUT2D eigenvalue weighted by molar-refractivity contribution is 6.35. The van der Waals surface area contributed by atoms with Crippen LogP contribution in [0.2, 0.25) is 10.0 Å². The largest absolute Gasteiger partial charge is 0.416 e. The SMILES string of the molecule is C[C@@H](N(CCOCc1ccccc1)C(=O)c1ccc(C(F)(F)F)cc1)[C@](O)(Cn1cncn1)c1ccc(Cl)cc1Cl. The first-order chi connectivity index (χ1) is 19.5. The van der Waals surface area contributed by atoms with Gasteiger partial charge in [-0.15, -0.1) is 0 Å². The van der Waals surface area contributed by atoms with Gasteiger partial charge in [0.05, 0.1) is 31.4 Å². The van der Waals surface area contributed by atoms with Crippen LogP contribution in [0, 0.1) is 0 Å². The zero-order valence-electron chi connectivity index (χ0n) is 21.9. The number of benzene rings is 3. The molecule has 2 atom stereocenters. The van der Waals surface area contributed by atoms with E-state index in [2.05, 4.69) is 10.1 Å².